The topological polar surface area (TPSA) is 69.6 Å². The Balaban J connectivity index is 2.38. The summed E-state index contributed by atoms with van der Waals surface area (Å²) in [6.45, 7) is 2.68. The number of nitrogens with one attached hydrogen (secondary N) is 1. The fraction of sp³-hybridized carbons (Fsp3) is 0.429. The molecule has 0 aliphatic rings. The lowest BCUT2D eigenvalue weighted by molar-refractivity contribution is -0.137. The number of carbonyl (C=O) groups is 2. The van der Waals surface area contributed by atoms with Crippen LogP contribution in [-0.2, 0) is 11.2 Å². The van der Waals surface area contributed by atoms with Crippen molar-refractivity contribution in [3.63, 3.8) is 0 Å². The number of hydrogen-bond donors (Lipinski definition) is 2. The number of carboxylic acid groups (broad SMARTS) is 1. The van der Waals surface area contributed by atoms with Crippen molar-refractivity contribution in [2.45, 2.75) is 19.8 Å². The number of amides is 2. The van der Waals surface area contributed by atoms with Crippen molar-refractivity contribution < 1.29 is 19.1 Å². The summed E-state index contributed by atoms with van der Waals surface area (Å²) in [4.78, 5) is 23.7. The molecule has 20 heavy (non-hydrogen) atoms. The minimum atomic E-state index is -0.942. The third-order valence-electron chi connectivity index (χ3n) is 2.89. The van der Waals surface area contributed by atoms with Crippen molar-refractivity contribution in [1.82, 2.24) is 10.2 Å². The van der Waals surface area contributed by atoms with Gasteiger partial charge in [-0.3, -0.25) is 4.79 Å². The van der Waals surface area contributed by atoms with Crippen LogP contribution in [0.4, 0.5) is 9.18 Å². The van der Waals surface area contributed by atoms with Gasteiger partial charge in [0, 0.05) is 19.6 Å². The van der Waals surface area contributed by atoms with E-state index in [1.807, 2.05) is 0 Å². The Kier molecular flexibility index (Phi) is 6.49. The SMILES string of the molecule is CCN(CCC(=O)O)C(=O)NCCc1ccccc1F. The largest absolute Gasteiger partial charge is 0.481 e. The Labute approximate surface area is 117 Å². The molecule has 1 aromatic carbocycles. The molecule has 0 radical (unpaired) electrons. The molecule has 0 aliphatic heterocycles. The van der Waals surface area contributed by atoms with Crippen LogP contribution in [-0.4, -0.2) is 41.6 Å². The molecule has 0 fully saturated rings. The molecular formula is C14H19FN2O3. The van der Waals surface area contributed by atoms with Gasteiger partial charge in [-0.15, -0.1) is 0 Å². The molecule has 1 rings (SSSR count). The van der Waals surface area contributed by atoms with Gasteiger partial charge in [-0.05, 0) is 25.0 Å². The maximum Gasteiger partial charge on any atom is 0.317 e. The number of rotatable bonds is 7. The summed E-state index contributed by atoms with van der Waals surface area (Å²) < 4.78 is 13.4. The maximum atomic E-state index is 13.4. The number of nitrogens with zero attached hydrogens (tertiary/aromatic N) is 1. The van der Waals surface area contributed by atoms with E-state index < -0.39 is 5.97 Å². The quantitative estimate of drug-likeness (QED) is 0.802. The molecular weight excluding hydrogens is 263 g/mol. The average Bonchev–Trinajstić information content (AvgIpc) is 2.41. The highest BCUT2D eigenvalue weighted by Crippen LogP contribution is 2.06. The van der Waals surface area contributed by atoms with Crippen molar-refractivity contribution in [2.24, 2.45) is 0 Å². The minimum Gasteiger partial charge on any atom is -0.481 e. The van der Waals surface area contributed by atoms with Gasteiger partial charge in [0.2, 0.25) is 0 Å². The number of hydrogen-bond acceptors (Lipinski definition) is 2. The normalized spacial score (nSPS) is 10.1. The van der Waals surface area contributed by atoms with Crippen molar-refractivity contribution in [3.8, 4) is 0 Å². The first-order valence-corrected chi connectivity index (χ1v) is 6.52. The lowest BCUT2D eigenvalue weighted by Gasteiger charge is -2.20. The van der Waals surface area contributed by atoms with E-state index in [2.05, 4.69) is 5.32 Å². The second-order valence-corrected chi connectivity index (χ2v) is 4.30. The van der Waals surface area contributed by atoms with E-state index in [1.165, 1.54) is 11.0 Å². The van der Waals surface area contributed by atoms with Crippen LogP contribution >= 0.6 is 0 Å². The van der Waals surface area contributed by atoms with Crippen molar-refractivity contribution >= 4 is 12.0 Å². The predicted octanol–water partition coefficient (Wildman–Crippen LogP) is 1.87. The van der Waals surface area contributed by atoms with Crippen molar-refractivity contribution in [1.29, 1.82) is 0 Å². The van der Waals surface area contributed by atoms with E-state index in [4.69, 9.17) is 5.11 Å². The standard InChI is InChI=1S/C14H19FN2O3/c1-2-17(10-8-13(18)19)14(20)16-9-7-11-5-3-4-6-12(11)15/h3-6H,2,7-10H2,1H3,(H,16,20)(H,18,19). The van der Waals surface area contributed by atoms with Gasteiger partial charge in [-0.25, -0.2) is 9.18 Å². The molecule has 0 saturated carbocycles. The van der Waals surface area contributed by atoms with Crippen LogP contribution in [0.1, 0.15) is 18.9 Å². The molecule has 110 valence electrons. The summed E-state index contributed by atoms with van der Waals surface area (Å²) >= 11 is 0. The second kappa shape index (κ2) is 8.14. The summed E-state index contributed by atoms with van der Waals surface area (Å²) in [7, 11) is 0. The Morgan fingerprint density at radius 1 is 1.35 bits per heavy atom. The van der Waals surface area contributed by atoms with Crippen LogP contribution in [0.2, 0.25) is 0 Å². The highest BCUT2D eigenvalue weighted by atomic mass is 19.1. The van der Waals surface area contributed by atoms with Gasteiger partial charge in [-0.2, -0.15) is 0 Å². The average molecular weight is 282 g/mol. The molecule has 2 amide bonds. The van der Waals surface area contributed by atoms with E-state index in [1.54, 1.807) is 25.1 Å². The molecule has 0 atom stereocenters. The van der Waals surface area contributed by atoms with Gasteiger partial charge in [0.1, 0.15) is 5.82 Å². The summed E-state index contributed by atoms with van der Waals surface area (Å²) in [5.41, 5.74) is 0.543. The summed E-state index contributed by atoms with van der Waals surface area (Å²) in [6, 6.07) is 6.07. The zero-order valence-corrected chi connectivity index (χ0v) is 11.4. The van der Waals surface area contributed by atoms with Crippen LogP contribution in [0.25, 0.3) is 0 Å². The number of carbonyl (C=O) groups excluding carboxylic acids is 1. The van der Waals surface area contributed by atoms with Crippen LogP contribution in [0.15, 0.2) is 24.3 Å². The van der Waals surface area contributed by atoms with Crippen molar-refractivity contribution in [3.05, 3.63) is 35.6 Å². The Hall–Kier alpha value is -2.11. The first-order valence-electron chi connectivity index (χ1n) is 6.52. The highest BCUT2D eigenvalue weighted by molar-refractivity contribution is 5.75. The second-order valence-electron chi connectivity index (χ2n) is 4.30. The number of aliphatic carboxylic acids is 1. The van der Waals surface area contributed by atoms with E-state index in [0.717, 1.165) is 0 Å². The number of urea groups is 1. The molecule has 2 N–H and O–H groups in total. The maximum absolute atomic E-state index is 13.4. The molecule has 1 aromatic rings. The fourth-order valence-electron chi connectivity index (χ4n) is 1.75. The van der Waals surface area contributed by atoms with Crippen molar-refractivity contribution in [2.75, 3.05) is 19.6 Å². The van der Waals surface area contributed by atoms with Gasteiger partial charge in [0.25, 0.3) is 0 Å². The smallest absolute Gasteiger partial charge is 0.317 e. The Morgan fingerprint density at radius 2 is 2.05 bits per heavy atom. The van der Waals surface area contributed by atoms with Gasteiger partial charge < -0.3 is 15.3 Å². The fourth-order valence-corrected chi connectivity index (χ4v) is 1.75. The molecule has 6 heteroatoms. The zero-order chi connectivity index (χ0) is 15.0. The first kappa shape index (κ1) is 15.9. The van der Waals surface area contributed by atoms with Gasteiger partial charge >= 0.3 is 12.0 Å². The van der Waals surface area contributed by atoms with Crippen LogP contribution in [0, 0.1) is 5.82 Å². The molecule has 0 aliphatic carbocycles. The Bertz CT molecular complexity index is 465. The minimum absolute atomic E-state index is 0.0887. The third kappa shape index (κ3) is 5.26. The predicted molar refractivity (Wildman–Crippen MR) is 73.0 cm³/mol. The number of carboxylic acids is 1. The molecule has 5 nitrogen and oxygen atoms in total. The Morgan fingerprint density at radius 3 is 2.65 bits per heavy atom. The lowest BCUT2D eigenvalue weighted by atomic mass is 10.1. The lowest BCUT2D eigenvalue weighted by Crippen LogP contribution is -2.41. The summed E-state index contributed by atoms with van der Waals surface area (Å²) in [5, 5.41) is 11.3. The summed E-state index contributed by atoms with van der Waals surface area (Å²) in [6.07, 6.45) is 0.309. The highest BCUT2D eigenvalue weighted by Gasteiger charge is 2.12. The molecule has 0 heterocycles. The van der Waals surface area contributed by atoms with Gasteiger partial charge in [0.05, 0.1) is 6.42 Å². The molecule has 0 unspecified atom stereocenters. The van der Waals surface area contributed by atoms with E-state index >= 15 is 0 Å². The molecule has 0 bridgehead atoms. The van der Waals surface area contributed by atoms with E-state index in [9.17, 15) is 14.0 Å². The van der Waals surface area contributed by atoms with E-state index in [0.29, 0.717) is 25.1 Å². The third-order valence-corrected chi connectivity index (χ3v) is 2.89. The first-order chi connectivity index (χ1) is 9.54. The molecule has 0 aromatic heterocycles. The van der Waals surface area contributed by atoms with E-state index in [-0.39, 0.29) is 24.8 Å². The van der Waals surface area contributed by atoms with Crippen LogP contribution < -0.4 is 5.32 Å². The number of benzene rings is 1. The van der Waals surface area contributed by atoms with Crippen LogP contribution in [0.3, 0.4) is 0 Å². The number of halogens is 1. The summed E-state index contributed by atoms with van der Waals surface area (Å²) in [5.74, 6) is -1.23. The zero-order valence-electron chi connectivity index (χ0n) is 11.4. The van der Waals surface area contributed by atoms with Crippen LogP contribution in [0.5, 0.6) is 0 Å². The molecule has 0 saturated heterocycles. The monoisotopic (exact) mass is 282 g/mol. The van der Waals surface area contributed by atoms with Gasteiger partial charge in [0.15, 0.2) is 0 Å². The molecule has 0 spiro atoms. The van der Waals surface area contributed by atoms with Gasteiger partial charge in [-0.1, -0.05) is 18.2 Å².